The Morgan fingerprint density at radius 2 is 0.929 bits per heavy atom. The summed E-state index contributed by atoms with van der Waals surface area (Å²) in [7, 11) is 2.39. The lowest BCUT2D eigenvalue weighted by Gasteiger charge is -2.33. The van der Waals surface area contributed by atoms with Crippen LogP contribution in [-0.2, 0) is 0 Å². The molecule has 0 fully saturated rings. The molecule has 0 amide bonds. The fourth-order valence-electron chi connectivity index (χ4n) is 4.27. The van der Waals surface area contributed by atoms with Crippen molar-refractivity contribution in [3.8, 4) is 0 Å². The standard InChI is InChI=1S/C27H50N/c1-4-6-7-8-9-10-11-12-13-14-15-16-17-18-19-23-26-28(3,5-2)27-24-21-20-22-25-27/h20-22,24-25H,4-19,23,26H2,1-3H3/q+1. The first-order valence-corrected chi connectivity index (χ1v) is 12.6. The van der Waals surface area contributed by atoms with E-state index in [2.05, 4.69) is 51.2 Å². The van der Waals surface area contributed by atoms with Crippen LogP contribution in [0.3, 0.4) is 0 Å². The second kappa shape index (κ2) is 17.1. The molecule has 0 bridgehead atoms. The van der Waals surface area contributed by atoms with Crippen LogP contribution in [0, 0.1) is 0 Å². The van der Waals surface area contributed by atoms with Crippen molar-refractivity contribution in [1.82, 2.24) is 4.48 Å². The molecule has 1 aromatic rings. The van der Waals surface area contributed by atoms with Gasteiger partial charge in [0.2, 0.25) is 0 Å². The maximum atomic E-state index is 2.39. The van der Waals surface area contributed by atoms with Crippen molar-refractivity contribution in [2.24, 2.45) is 0 Å². The second-order valence-corrected chi connectivity index (χ2v) is 9.07. The van der Waals surface area contributed by atoms with Gasteiger partial charge in [-0.1, -0.05) is 115 Å². The Morgan fingerprint density at radius 3 is 1.32 bits per heavy atom. The van der Waals surface area contributed by atoms with E-state index in [4.69, 9.17) is 0 Å². The zero-order valence-electron chi connectivity index (χ0n) is 19.6. The summed E-state index contributed by atoms with van der Waals surface area (Å²) >= 11 is 0. The van der Waals surface area contributed by atoms with E-state index in [0.717, 1.165) is 4.48 Å². The second-order valence-electron chi connectivity index (χ2n) is 9.07. The Hall–Kier alpha value is -0.820. The van der Waals surface area contributed by atoms with Crippen LogP contribution >= 0.6 is 0 Å². The lowest BCUT2D eigenvalue weighted by atomic mass is 10.0. The number of benzene rings is 1. The molecule has 1 nitrogen and oxygen atoms in total. The van der Waals surface area contributed by atoms with E-state index in [1.807, 2.05) is 0 Å². The van der Waals surface area contributed by atoms with Gasteiger partial charge in [0.05, 0.1) is 20.1 Å². The lowest BCUT2D eigenvalue weighted by Crippen LogP contribution is -2.45. The number of unbranched alkanes of at least 4 members (excludes halogenated alkanes) is 15. The molecule has 0 saturated heterocycles. The first-order chi connectivity index (χ1) is 13.7. The van der Waals surface area contributed by atoms with Gasteiger partial charge in [-0.05, 0) is 31.9 Å². The Bertz CT molecular complexity index is 441. The highest BCUT2D eigenvalue weighted by Gasteiger charge is 2.21. The van der Waals surface area contributed by atoms with Gasteiger partial charge >= 0.3 is 0 Å². The molecular formula is C27H50N+. The average molecular weight is 389 g/mol. The van der Waals surface area contributed by atoms with Gasteiger partial charge in [-0.3, -0.25) is 4.48 Å². The van der Waals surface area contributed by atoms with E-state index < -0.39 is 0 Å². The lowest BCUT2D eigenvalue weighted by molar-refractivity contribution is 0.334. The Morgan fingerprint density at radius 1 is 0.536 bits per heavy atom. The number of nitrogens with zero attached hydrogens (tertiary/aromatic N) is 1. The van der Waals surface area contributed by atoms with Gasteiger partial charge in [0.1, 0.15) is 5.69 Å². The largest absolute Gasteiger partial charge is 0.294 e. The molecular weight excluding hydrogens is 338 g/mol. The number of para-hydroxylation sites is 1. The maximum Gasteiger partial charge on any atom is 0.132 e. The van der Waals surface area contributed by atoms with Gasteiger partial charge in [-0.2, -0.15) is 0 Å². The number of rotatable bonds is 19. The molecule has 0 N–H and O–H groups in total. The van der Waals surface area contributed by atoms with E-state index >= 15 is 0 Å². The topological polar surface area (TPSA) is 0 Å². The van der Waals surface area contributed by atoms with E-state index in [-0.39, 0.29) is 0 Å². The zero-order valence-corrected chi connectivity index (χ0v) is 19.6. The first-order valence-electron chi connectivity index (χ1n) is 12.6. The summed E-state index contributed by atoms with van der Waals surface area (Å²) < 4.78 is 1.08. The van der Waals surface area contributed by atoms with Crippen molar-refractivity contribution in [3.05, 3.63) is 30.3 Å². The molecule has 0 radical (unpaired) electrons. The predicted molar refractivity (Wildman–Crippen MR) is 129 cm³/mol. The van der Waals surface area contributed by atoms with E-state index in [0.29, 0.717) is 0 Å². The van der Waals surface area contributed by atoms with Gasteiger partial charge in [-0.25, -0.2) is 0 Å². The van der Waals surface area contributed by atoms with Crippen LogP contribution in [-0.4, -0.2) is 20.1 Å². The summed E-state index contributed by atoms with van der Waals surface area (Å²) in [6, 6.07) is 11.0. The normalized spacial score (nSPS) is 13.5. The predicted octanol–water partition coefficient (Wildman–Crippen LogP) is 8.91. The fraction of sp³-hybridized carbons (Fsp3) is 0.778. The summed E-state index contributed by atoms with van der Waals surface area (Å²) in [6.07, 6.45) is 23.1. The quantitative estimate of drug-likeness (QED) is 0.164. The van der Waals surface area contributed by atoms with E-state index in [9.17, 15) is 0 Å². The van der Waals surface area contributed by atoms with Crippen molar-refractivity contribution in [1.29, 1.82) is 0 Å². The molecule has 28 heavy (non-hydrogen) atoms. The molecule has 0 saturated carbocycles. The molecule has 0 aromatic heterocycles. The summed E-state index contributed by atoms with van der Waals surface area (Å²) in [4.78, 5) is 0. The molecule has 1 rings (SSSR count). The minimum Gasteiger partial charge on any atom is -0.294 e. The number of quaternary nitrogens is 1. The fourth-order valence-corrected chi connectivity index (χ4v) is 4.27. The monoisotopic (exact) mass is 388 g/mol. The highest BCUT2D eigenvalue weighted by atomic mass is 15.3. The van der Waals surface area contributed by atoms with E-state index in [1.165, 1.54) is 122 Å². The van der Waals surface area contributed by atoms with Gasteiger partial charge in [0.25, 0.3) is 0 Å². The smallest absolute Gasteiger partial charge is 0.132 e. The Labute approximate surface area is 177 Å². The summed E-state index contributed by atoms with van der Waals surface area (Å²) in [5.74, 6) is 0. The average Bonchev–Trinajstić information content (AvgIpc) is 2.74. The van der Waals surface area contributed by atoms with Gasteiger partial charge < -0.3 is 0 Å². The van der Waals surface area contributed by atoms with Crippen molar-refractivity contribution in [3.63, 3.8) is 0 Å². The summed E-state index contributed by atoms with van der Waals surface area (Å²) in [5.41, 5.74) is 1.46. The summed E-state index contributed by atoms with van der Waals surface area (Å²) in [6.45, 7) is 7.08. The Balaban J connectivity index is 1.89. The zero-order chi connectivity index (χ0) is 20.3. The molecule has 1 heteroatoms. The van der Waals surface area contributed by atoms with Crippen LogP contribution in [0.2, 0.25) is 0 Å². The van der Waals surface area contributed by atoms with Crippen molar-refractivity contribution >= 4 is 5.69 Å². The highest BCUT2D eigenvalue weighted by Crippen LogP contribution is 2.21. The van der Waals surface area contributed by atoms with Gasteiger partial charge in [0, 0.05) is 0 Å². The maximum absolute atomic E-state index is 2.39. The van der Waals surface area contributed by atoms with Crippen LogP contribution < -0.4 is 4.48 Å². The van der Waals surface area contributed by atoms with Crippen LogP contribution in [0.5, 0.6) is 0 Å². The van der Waals surface area contributed by atoms with Crippen molar-refractivity contribution in [2.45, 2.75) is 117 Å². The highest BCUT2D eigenvalue weighted by molar-refractivity contribution is 5.41. The van der Waals surface area contributed by atoms with Crippen molar-refractivity contribution in [2.75, 3.05) is 20.1 Å². The minimum absolute atomic E-state index is 1.08. The molecule has 1 unspecified atom stereocenters. The molecule has 0 aliphatic rings. The molecule has 0 heterocycles. The molecule has 162 valence electrons. The van der Waals surface area contributed by atoms with Crippen LogP contribution in [0.1, 0.15) is 117 Å². The molecule has 1 atom stereocenters. The third kappa shape index (κ3) is 11.9. The van der Waals surface area contributed by atoms with Gasteiger partial charge in [0.15, 0.2) is 0 Å². The molecule has 0 aliphatic carbocycles. The van der Waals surface area contributed by atoms with Crippen LogP contribution in [0.25, 0.3) is 0 Å². The molecule has 0 spiro atoms. The summed E-state index contributed by atoms with van der Waals surface area (Å²) in [5, 5.41) is 0. The van der Waals surface area contributed by atoms with Crippen LogP contribution in [0.15, 0.2) is 30.3 Å². The van der Waals surface area contributed by atoms with Crippen molar-refractivity contribution < 1.29 is 0 Å². The molecule has 0 aliphatic heterocycles. The third-order valence-corrected chi connectivity index (χ3v) is 6.58. The molecule has 1 aromatic carbocycles. The van der Waals surface area contributed by atoms with E-state index in [1.54, 1.807) is 0 Å². The van der Waals surface area contributed by atoms with Gasteiger partial charge in [-0.15, -0.1) is 0 Å². The number of hydrogen-bond donors (Lipinski definition) is 0. The van der Waals surface area contributed by atoms with Crippen LogP contribution in [0.4, 0.5) is 5.69 Å². The minimum atomic E-state index is 1.08. The third-order valence-electron chi connectivity index (χ3n) is 6.58. The first kappa shape index (κ1) is 25.2. The number of hydrogen-bond acceptors (Lipinski definition) is 0. The Kier molecular flexibility index (Phi) is 15.4. The SMILES string of the molecule is CCCCCCCCCCCCCCCCCC[N+](C)(CC)c1ccccc1.